The summed E-state index contributed by atoms with van der Waals surface area (Å²) in [7, 11) is 0. The van der Waals surface area contributed by atoms with Gasteiger partial charge in [-0.25, -0.2) is 4.98 Å². The fourth-order valence-corrected chi connectivity index (χ4v) is 2.59. The Bertz CT molecular complexity index is 705. The second-order valence-electron chi connectivity index (χ2n) is 6.70. The maximum absolute atomic E-state index is 11.9. The van der Waals surface area contributed by atoms with Gasteiger partial charge in [0.1, 0.15) is 0 Å². The van der Waals surface area contributed by atoms with Gasteiger partial charge in [0.25, 0.3) is 0 Å². The summed E-state index contributed by atoms with van der Waals surface area (Å²) in [6, 6.07) is 11.8. The van der Waals surface area contributed by atoms with Crippen molar-refractivity contribution in [1.82, 2.24) is 10.3 Å². The third-order valence-electron chi connectivity index (χ3n) is 3.61. The van der Waals surface area contributed by atoms with E-state index in [0.717, 1.165) is 16.6 Å². The second kappa shape index (κ2) is 7.38. The Morgan fingerprint density at radius 2 is 2.04 bits per heavy atom. The Morgan fingerprint density at radius 3 is 2.78 bits per heavy atom. The molecule has 0 saturated heterocycles. The van der Waals surface area contributed by atoms with Gasteiger partial charge in [0.05, 0.1) is 17.3 Å². The molecule has 4 nitrogen and oxygen atoms in total. The first-order valence-corrected chi connectivity index (χ1v) is 7.85. The van der Waals surface area contributed by atoms with Crippen LogP contribution in [-0.2, 0) is 4.79 Å². The first kappa shape index (κ1) is 17.2. The van der Waals surface area contributed by atoms with Crippen LogP contribution in [0.25, 0.3) is 17.0 Å². The van der Waals surface area contributed by atoms with E-state index in [2.05, 4.69) is 10.3 Å². The molecule has 0 bridgehead atoms. The molecule has 2 rings (SSSR count). The molecule has 2 aromatic rings. The molecule has 0 fully saturated rings. The normalized spacial score (nSPS) is 13.4. The first-order chi connectivity index (χ1) is 10.9. The van der Waals surface area contributed by atoms with Crippen LogP contribution < -0.4 is 5.32 Å². The van der Waals surface area contributed by atoms with E-state index in [1.165, 1.54) is 6.08 Å². The van der Waals surface area contributed by atoms with Crippen LogP contribution in [0.4, 0.5) is 0 Å². The molecule has 23 heavy (non-hydrogen) atoms. The molecule has 0 aliphatic rings. The SMILES string of the molecule is CC(O)CC(C)(C)CNC(=O)C=Cc1ccc2ccccc2n1. The lowest BCUT2D eigenvalue weighted by Gasteiger charge is -2.26. The van der Waals surface area contributed by atoms with Crippen LogP contribution >= 0.6 is 0 Å². The average molecular weight is 312 g/mol. The van der Waals surface area contributed by atoms with E-state index >= 15 is 0 Å². The number of carbonyl (C=O) groups excluding carboxylic acids is 1. The highest BCUT2D eigenvalue weighted by Gasteiger charge is 2.20. The van der Waals surface area contributed by atoms with Crippen molar-refractivity contribution < 1.29 is 9.90 Å². The number of fused-ring (bicyclic) bond motifs is 1. The highest BCUT2D eigenvalue weighted by molar-refractivity contribution is 5.91. The fraction of sp³-hybridized carbons (Fsp3) is 0.368. The molecule has 1 aromatic carbocycles. The van der Waals surface area contributed by atoms with Crippen molar-refractivity contribution in [3.05, 3.63) is 48.2 Å². The summed E-state index contributed by atoms with van der Waals surface area (Å²) in [6.07, 6.45) is 3.47. The molecule has 122 valence electrons. The average Bonchev–Trinajstić information content (AvgIpc) is 2.49. The number of carbonyl (C=O) groups is 1. The Labute approximate surface area is 137 Å². The van der Waals surface area contributed by atoms with Crippen molar-refractivity contribution in [2.75, 3.05) is 6.54 Å². The van der Waals surface area contributed by atoms with Gasteiger partial charge >= 0.3 is 0 Å². The Morgan fingerprint density at radius 1 is 1.30 bits per heavy atom. The van der Waals surface area contributed by atoms with Gasteiger partial charge in [-0.05, 0) is 37.0 Å². The standard InChI is InChI=1S/C19H24N2O2/c1-14(22)12-19(2,3)13-20-18(23)11-10-16-9-8-15-6-4-5-7-17(15)21-16/h4-11,14,22H,12-13H2,1-3H3,(H,20,23). The lowest BCUT2D eigenvalue weighted by atomic mass is 9.87. The Kier molecular flexibility index (Phi) is 5.50. The molecule has 1 heterocycles. The molecule has 0 aliphatic carbocycles. The van der Waals surface area contributed by atoms with Crippen molar-refractivity contribution in [3.8, 4) is 0 Å². The number of pyridine rings is 1. The molecule has 1 aromatic heterocycles. The van der Waals surface area contributed by atoms with E-state index < -0.39 is 0 Å². The van der Waals surface area contributed by atoms with Crippen molar-refractivity contribution >= 4 is 22.9 Å². The van der Waals surface area contributed by atoms with Crippen molar-refractivity contribution in [2.45, 2.75) is 33.3 Å². The van der Waals surface area contributed by atoms with Crippen LogP contribution in [0.5, 0.6) is 0 Å². The van der Waals surface area contributed by atoms with Gasteiger partial charge in [-0.15, -0.1) is 0 Å². The minimum absolute atomic E-state index is 0.140. The maximum atomic E-state index is 11.9. The summed E-state index contributed by atoms with van der Waals surface area (Å²) in [5.74, 6) is -0.154. The summed E-state index contributed by atoms with van der Waals surface area (Å²) in [5, 5.41) is 13.4. The largest absolute Gasteiger partial charge is 0.393 e. The van der Waals surface area contributed by atoms with Crippen LogP contribution in [-0.4, -0.2) is 28.6 Å². The third-order valence-corrected chi connectivity index (χ3v) is 3.61. The number of aliphatic hydroxyl groups excluding tert-OH is 1. The fourth-order valence-electron chi connectivity index (χ4n) is 2.59. The minimum Gasteiger partial charge on any atom is -0.393 e. The van der Waals surface area contributed by atoms with E-state index in [0.29, 0.717) is 13.0 Å². The Hall–Kier alpha value is -2.20. The summed E-state index contributed by atoms with van der Waals surface area (Å²) in [6.45, 7) is 6.32. The Balaban J connectivity index is 1.94. The zero-order valence-corrected chi connectivity index (χ0v) is 13.9. The van der Waals surface area contributed by atoms with Crippen LogP contribution in [0.3, 0.4) is 0 Å². The van der Waals surface area contributed by atoms with Gasteiger partial charge in [0.15, 0.2) is 0 Å². The van der Waals surface area contributed by atoms with E-state index in [-0.39, 0.29) is 17.4 Å². The predicted octanol–water partition coefficient (Wildman–Crippen LogP) is 3.16. The molecule has 0 spiro atoms. The quantitative estimate of drug-likeness (QED) is 0.805. The van der Waals surface area contributed by atoms with Gasteiger partial charge in [0, 0.05) is 18.0 Å². The van der Waals surface area contributed by atoms with Crippen molar-refractivity contribution in [1.29, 1.82) is 0 Å². The molecule has 1 unspecified atom stereocenters. The van der Waals surface area contributed by atoms with E-state index in [1.54, 1.807) is 13.0 Å². The number of rotatable bonds is 6. The summed E-state index contributed by atoms with van der Waals surface area (Å²) >= 11 is 0. The van der Waals surface area contributed by atoms with Crippen LogP contribution in [0.1, 0.15) is 32.9 Å². The molecule has 0 aliphatic heterocycles. The first-order valence-electron chi connectivity index (χ1n) is 7.85. The molecule has 0 saturated carbocycles. The van der Waals surface area contributed by atoms with E-state index in [1.807, 2.05) is 50.2 Å². The number of hydrogen-bond donors (Lipinski definition) is 2. The van der Waals surface area contributed by atoms with E-state index in [4.69, 9.17) is 0 Å². The van der Waals surface area contributed by atoms with Gasteiger partial charge in [0.2, 0.25) is 5.91 Å². The summed E-state index contributed by atoms with van der Waals surface area (Å²) in [5.41, 5.74) is 1.52. The smallest absolute Gasteiger partial charge is 0.244 e. The number of para-hydroxylation sites is 1. The molecular formula is C19H24N2O2. The molecule has 0 radical (unpaired) electrons. The zero-order chi connectivity index (χ0) is 16.9. The topological polar surface area (TPSA) is 62.2 Å². The number of nitrogens with zero attached hydrogens (tertiary/aromatic N) is 1. The summed E-state index contributed by atoms with van der Waals surface area (Å²) in [4.78, 5) is 16.4. The summed E-state index contributed by atoms with van der Waals surface area (Å²) < 4.78 is 0. The van der Waals surface area contributed by atoms with Gasteiger partial charge < -0.3 is 10.4 Å². The van der Waals surface area contributed by atoms with Crippen LogP contribution in [0, 0.1) is 5.41 Å². The lowest BCUT2D eigenvalue weighted by Crippen LogP contribution is -2.34. The number of aromatic nitrogens is 1. The lowest BCUT2D eigenvalue weighted by molar-refractivity contribution is -0.117. The predicted molar refractivity (Wildman–Crippen MR) is 93.9 cm³/mol. The minimum atomic E-state index is -0.376. The maximum Gasteiger partial charge on any atom is 0.244 e. The monoisotopic (exact) mass is 312 g/mol. The number of aliphatic hydroxyl groups is 1. The number of hydrogen-bond acceptors (Lipinski definition) is 3. The highest BCUT2D eigenvalue weighted by Crippen LogP contribution is 2.21. The van der Waals surface area contributed by atoms with Crippen LogP contribution in [0.2, 0.25) is 0 Å². The molecule has 2 N–H and O–H groups in total. The molecular weight excluding hydrogens is 288 g/mol. The molecule has 1 amide bonds. The molecule has 4 heteroatoms. The van der Waals surface area contributed by atoms with Crippen LogP contribution in [0.15, 0.2) is 42.5 Å². The van der Waals surface area contributed by atoms with Gasteiger partial charge in [-0.3, -0.25) is 4.79 Å². The zero-order valence-electron chi connectivity index (χ0n) is 13.9. The number of benzene rings is 1. The van der Waals surface area contributed by atoms with Crippen molar-refractivity contribution in [2.24, 2.45) is 5.41 Å². The highest BCUT2D eigenvalue weighted by atomic mass is 16.3. The number of nitrogens with one attached hydrogen (secondary N) is 1. The third kappa shape index (κ3) is 5.49. The number of amides is 1. The van der Waals surface area contributed by atoms with E-state index in [9.17, 15) is 9.90 Å². The van der Waals surface area contributed by atoms with Gasteiger partial charge in [-0.2, -0.15) is 0 Å². The second-order valence-corrected chi connectivity index (χ2v) is 6.70. The molecule has 1 atom stereocenters. The van der Waals surface area contributed by atoms with Gasteiger partial charge in [-0.1, -0.05) is 38.1 Å². The van der Waals surface area contributed by atoms with Crippen molar-refractivity contribution in [3.63, 3.8) is 0 Å².